The summed E-state index contributed by atoms with van der Waals surface area (Å²) in [6.45, 7) is 5.09. The van der Waals surface area contributed by atoms with E-state index in [4.69, 9.17) is 5.73 Å². The summed E-state index contributed by atoms with van der Waals surface area (Å²) in [5.74, 6) is -0.0274. The van der Waals surface area contributed by atoms with Gasteiger partial charge in [-0.25, -0.2) is 0 Å². The maximum Gasteiger partial charge on any atom is 0.269 e. The zero-order valence-corrected chi connectivity index (χ0v) is 13.4. The van der Waals surface area contributed by atoms with Crippen LogP contribution in [0.1, 0.15) is 19.4 Å². The highest BCUT2D eigenvalue weighted by atomic mass is 35.5. The normalized spacial score (nSPS) is 10.7. The fourth-order valence-corrected chi connectivity index (χ4v) is 1.84. The average Bonchev–Trinajstić information content (AvgIpc) is 2.38. The lowest BCUT2D eigenvalue weighted by atomic mass is 9.93. The number of carbonyl (C=O) groups excluding carboxylic acids is 1. The summed E-state index contributed by atoms with van der Waals surface area (Å²) in [5, 5.41) is 10.6. The lowest BCUT2D eigenvalue weighted by Crippen LogP contribution is -2.40. The van der Waals surface area contributed by atoms with E-state index < -0.39 is 4.92 Å². The Morgan fingerprint density at radius 3 is 2.29 bits per heavy atom. The van der Waals surface area contributed by atoms with Gasteiger partial charge < -0.3 is 10.6 Å². The molecule has 0 aliphatic carbocycles. The molecule has 1 rings (SSSR count). The molecule has 0 bridgehead atoms. The lowest BCUT2D eigenvalue weighted by molar-refractivity contribution is -0.384. The van der Waals surface area contributed by atoms with Crippen LogP contribution in [0.25, 0.3) is 0 Å². The van der Waals surface area contributed by atoms with E-state index in [1.54, 1.807) is 24.1 Å². The molecule has 0 aromatic heterocycles. The van der Waals surface area contributed by atoms with Crippen molar-refractivity contribution in [2.75, 3.05) is 20.1 Å². The molecule has 0 fully saturated rings. The SMILES string of the molecule is CN(CC(C)(C)CN)C(=O)Cc1ccc([N+](=O)[O-])cc1.Cl. The van der Waals surface area contributed by atoms with Gasteiger partial charge in [-0.1, -0.05) is 26.0 Å². The minimum atomic E-state index is -0.457. The zero-order chi connectivity index (χ0) is 15.3. The van der Waals surface area contributed by atoms with E-state index in [0.29, 0.717) is 13.1 Å². The minimum Gasteiger partial charge on any atom is -0.345 e. The summed E-state index contributed by atoms with van der Waals surface area (Å²) < 4.78 is 0. The number of non-ortho nitro benzene ring substituents is 1. The number of carbonyl (C=O) groups is 1. The third-order valence-electron chi connectivity index (χ3n) is 3.15. The summed E-state index contributed by atoms with van der Waals surface area (Å²) in [7, 11) is 1.74. The molecule has 6 nitrogen and oxygen atoms in total. The Balaban J connectivity index is 0.00000400. The van der Waals surface area contributed by atoms with Crippen molar-refractivity contribution in [1.82, 2.24) is 4.90 Å². The fourth-order valence-electron chi connectivity index (χ4n) is 1.84. The smallest absolute Gasteiger partial charge is 0.269 e. The van der Waals surface area contributed by atoms with E-state index in [2.05, 4.69) is 0 Å². The summed E-state index contributed by atoms with van der Waals surface area (Å²) in [6, 6.07) is 6.04. The number of nitrogens with two attached hydrogens (primary N) is 1. The first kappa shape index (κ1) is 19.3. The molecule has 1 aromatic rings. The molecule has 0 atom stereocenters. The number of amides is 1. The predicted molar refractivity (Wildman–Crippen MR) is 84.5 cm³/mol. The van der Waals surface area contributed by atoms with E-state index in [0.717, 1.165) is 5.56 Å². The molecular weight excluding hydrogens is 294 g/mol. The van der Waals surface area contributed by atoms with Gasteiger partial charge >= 0.3 is 0 Å². The highest BCUT2D eigenvalue weighted by Crippen LogP contribution is 2.16. The quantitative estimate of drug-likeness (QED) is 0.642. The number of nitro groups is 1. The Morgan fingerprint density at radius 2 is 1.86 bits per heavy atom. The molecule has 21 heavy (non-hydrogen) atoms. The van der Waals surface area contributed by atoms with Crippen LogP contribution >= 0.6 is 12.4 Å². The Morgan fingerprint density at radius 1 is 1.33 bits per heavy atom. The first-order chi connectivity index (χ1) is 9.25. The Bertz CT molecular complexity index is 489. The van der Waals surface area contributed by atoms with Gasteiger partial charge in [-0.05, 0) is 17.5 Å². The summed E-state index contributed by atoms with van der Waals surface area (Å²) in [4.78, 5) is 23.8. The van der Waals surface area contributed by atoms with Crippen LogP contribution in [0.3, 0.4) is 0 Å². The van der Waals surface area contributed by atoms with Crippen molar-refractivity contribution in [2.45, 2.75) is 20.3 Å². The summed E-state index contributed by atoms with van der Waals surface area (Å²) >= 11 is 0. The maximum absolute atomic E-state index is 12.1. The largest absolute Gasteiger partial charge is 0.345 e. The van der Waals surface area contributed by atoms with Gasteiger partial charge in [-0.3, -0.25) is 14.9 Å². The van der Waals surface area contributed by atoms with E-state index >= 15 is 0 Å². The summed E-state index contributed by atoms with van der Waals surface area (Å²) in [5.41, 5.74) is 6.31. The maximum atomic E-state index is 12.1. The standard InChI is InChI=1S/C14H21N3O3.ClH/c1-14(2,9-15)10-16(3)13(18)8-11-4-6-12(7-5-11)17(19)20;/h4-7H,8-10,15H2,1-3H3;1H. The molecule has 0 saturated carbocycles. The van der Waals surface area contributed by atoms with Crippen LogP contribution in [-0.2, 0) is 11.2 Å². The van der Waals surface area contributed by atoms with Gasteiger partial charge in [0, 0.05) is 25.7 Å². The van der Waals surface area contributed by atoms with Crippen molar-refractivity contribution in [3.8, 4) is 0 Å². The van der Waals surface area contributed by atoms with Gasteiger partial charge in [0.25, 0.3) is 5.69 Å². The van der Waals surface area contributed by atoms with Crippen molar-refractivity contribution in [3.05, 3.63) is 39.9 Å². The molecule has 0 saturated heterocycles. The van der Waals surface area contributed by atoms with Crippen molar-refractivity contribution in [3.63, 3.8) is 0 Å². The first-order valence-electron chi connectivity index (χ1n) is 6.42. The Labute approximate surface area is 130 Å². The van der Waals surface area contributed by atoms with Gasteiger partial charge in [0.1, 0.15) is 0 Å². The average molecular weight is 316 g/mol. The van der Waals surface area contributed by atoms with Crippen molar-refractivity contribution in [2.24, 2.45) is 11.1 Å². The van der Waals surface area contributed by atoms with Gasteiger partial charge in [0.05, 0.1) is 11.3 Å². The molecule has 0 unspecified atom stereocenters. The Kier molecular flexibility index (Phi) is 7.32. The number of likely N-dealkylation sites (N-methyl/N-ethyl adjacent to an activating group) is 1. The number of rotatable bonds is 6. The molecule has 118 valence electrons. The van der Waals surface area contributed by atoms with Gasteiger partial charge in [0.15, 0.2) is 0 Å². The number of hydrogen-bond donors (Lipinski definition) is 1. The lowest BCUT2D eigenvalue weighted by Gasteiger charge is -2.29. The van der Waals surface area contributed by atoms with E-state index in [1.165, 1.54) is 12.1 Å². The molecule has 1 amide bonds. The molecule has 2 N–H and O–H groups in total. The van der Waals surface area contributed by atoms with Crippen LogP contribution in [0, 0.1) is 15.5 Å². The monoisotopic (exact) mass is 315 g/mol. The Hall–Kier alpha value is -1.66. The van der Waals surface area contributed by atoms with Crippen molar-refractivity contribution >= 4 is 24.0 Å². The van der Waals surface area contributed by atoms with Crippen molar-refractivity contribution < 1.29 is 9.72 Å². The highest BCUT2D eigenvalue weighted by Gasteiger charge is 2.21. The molecule has 0 aliphatic rings. The molecule has 0 radical (unpaired) electrons. The van der Waals surface area contributed by atoms with Crippen LogP contribution in [0.4, 0.5) is 5.69 Å². The molecule has 0 heterocycles. The predicted octanol–water partition coefficient (Wildman–Crippen LogP) is 2.00. The summed E-state index contributed by atoms with van der Waals surface area (Å²) in [6.07, 6.45) is 0.231. The van der Waals surface area contributed by atoms with Crippen LogP contribution < -0.4 is 5.73 Å². The topological polar surface area (TPSA) is 89.5 Å². The van der Waals surface area contributed by atoms with Gasteiger partial charge in [0.2, 0.25) is 5.91 Å². The number of nitro benzene ring substituents is 1. The number of benzene rings is 1. The van der Waals surface area contributed by atoms with Crippen molar-refractivity contribution in [1.29, 1.82) is 0 Å². The number of nitrogens with zero attached hydrogens (tertiary/aromatic N) is 2. The van der Waals surface area contributed by atoms with Crippen LogP contribution in [0.5, 0.6) is 0 Å². The van der Waals surface area contributed by atoms with Gasteiger partial charge in [-0.2, -0.15) is 0 Å². The second-order valence-corrected chi connectivity index (χ2v) is 5.72. The highest BCUT2D eigenvalue weighted by molar-refractivity contribution is 5.85. The second kappa shape index (κ2) is 7.95. The molecule has 0 spiro atoms. The minimum absolute atomic E-state index is 0. The fraction of sp³-hybridized carbons (Fsp3) is 0.500. The van der Waals surface area contributed by atoms with Gasteiger partial charge in [-0.15, -0.1) is 12.4 Å². The first-order valence-corrected chi connectivity index (χ1v) is 6.42. The van der Waals surface area contributed by atoms with E-state index in [-0.39, 0.29) is 35.8 Å². The number of hydrogen-bond acceptors (Lipinski definition) is 4. The molecule has 0 aliphatic heterocycles. The van der Waals surface area contributed by atoms with Crippen LogP contribution in [-0.4, -0.2) is 35.9 Å². The third kappa shape index (κ3) is 6.10. The molecule has 7 heteroatoms. The zero-order valence-electron chi connectivity index (χ0n) is 12.5. The second-order valence-electron chi connectivity index (χ2n) is 5.72. The van der Waals surface area contributed by atoms with E-state index in [1.807, 2.05) is 13.8 Å². The molecule has 1 aromatic carbocycles. The molecular formula is C14H22ClN3O3. The number of halogens is 1. The van der Waals surface area contributed by atoms with Crippen LogP contribution in [0.2, 0.25) is 0 Å². The third-order valence-corrected chi connectivity index (χ3v) is 3.15. The van der Waals surface area contributed by atoms with E-state index in [9.17, 15) is 14.9 Å². The van der Waals surface area contributed by atoms with Crippen LogP contribution in [0.15, 0.2) is 24.3 Å².